The van der Waals surface area contributed by atoms with E-state index in [1.807, 2.05) is 12.1 Å². The number of rotatable bonds is 6. The minimum absolute atomic E-state index is 0.139. The monoisotopic (exact) mass is 322 g/mol. The van der Waals surface area contributed by atoms with Crippen LogP contribution in [0.1, 0.15) is 15.3 Å². The van der Waals surface area contributed by atoms with Crippen molar-refractivity contribution in [3.8, 4) is 6.07 Å². The number of nitrogens with one attached hydrogen (secondary N) is 1. The normalized spacial score (nSPS) is 10.3. The Kier molecular flexibility index (Phi) is 5.45. The predicted molar refractivity (Wildman–Crippen MR) is 81.5 cm³/mol. The van der Waals surface area contributed by atoms with Crippen LogP contribution in [-0.2, 0) is 17.8 Å². The Morgan fingerprint density at radius 3 is 2.90 bits per heavy atom. The van der Waals surface area contributed by atoms with Gasteiger partial charge in [0.05, 0.1) is 36.3 Å². The van der Waals surface area contributed by atoms with E-state index in [9.17, 15) is 4.39 Å². The molecule has 1 heterocycles. The summed E-state index contributed by atoms with van der Waals surface area (Å²) in [5, 5.41) is 16.9. The Morgan fingerprint density at radius 2 is 2.19 bits per heavy atom. The molecule has 0 bridgehead atoms. The maximum Gasteiger partial charge on any atom is 0.124 e. The highest BCUT2D eigenvalue weighted by Crippen LogP contribution is 2.19. The lowest BCUT2D eigenvalue weighted by atomic mass is 10.2. The lowest BCUT2D eigenvalue weighted by Crippen LogP contribution is -2.07. The number of halogens is 2. The lowest BCUT2D eigenvalue weighted by molar-refractivity contribution is 0.158. The first-order chi connectivity index (χ1) is 10.1. The largest absolute Gasteiger partial charge is 0.370 e. The van der Waals surface area contributed by atoms with Crippen molar-refractivity contribution in [2.75, 3.05) is 6.61 Å². The Morgan fingerprint density at radius 1 is 1.38 bits per heavy atom. The standard InChI is InChI=1S/C15H12ClFN2OS/c16-13-7-11(17)2-1-10(13)8-20-9-14(19)15-4-3-12(21-15)5-6-18/h1-4,7,19H,5,8-9H2. The summed E-state index contributed by atoms with van der Waals surface area (Å²) in [4.78, 5) is 1.71. The second-order valence-corrected chi connectivity index (χ2v) is 5.88. The molecule has 0 spiro atoms. The van der Waals surface area contributed by atoms with Crippen molar-refractivity contribution < 1.29 is 9.13 Å². The molecular formula is C15H12ClFN2OS. The maximum atomic E-state index is 12.9. The molecule has 0 amide bonds. The molecule has 1 N–H and O–H groups in total. The van der Waals surface area contributed by atoms with Crippen molar-refractivity contribution in [3.63, 3.8) is 0 Å². The topological polar surface area (TPSA) is 56.9 Å². The minimum atomic E-state index is -0.389. The molecule has 0 atom stereocenters. The van der Waals surface area contributed by atoms with E-state index < -0.39 is 0 Å². The summed E-state index contributed by atoms with van der Waals surface area (Å²) >= 11 is 7.31. The van der Waals surface area contributed by atoms with Gasteiger partial charge in [-0.15, -0.1) is 11.3 Å². The van der Waals surface area contributed by atoms with E-state index in [1.165, 1.54) is 23.5 Å². The summed E-state index contributed by atoms with van der Waals surface area (Å²) in [7, 11) is 0. The number of ether oxygens (including phenoxy) is 1. The summed E-state index contributed by atoms with van der Waals surface area (Å²) in [6, 6.07) is 9.86. The minimum Gasteiger partial charge on any atom is -0.370 e. The van der Waals surface area contributed by atoms with Gasteiger partial charge in [-0.1, -0.05) is 17.7 Å². The van der Waals surface area contributed by atoms with Gasteiger partial charge in [0.25, 0.3) is 0 Å². The molecule has 0 aliphatic carbocycles. The van der Waals surface area contributed by atoms with Crippen LogP contribution in [-0.4, -0.2) is 12.3 Å². The average Bonchev–Trinajstić information content (AvgIpc) is 2.90. The van der Waals surface area contributed by atoms with Crippen LogP contribution in [0.5, 0.6) is 0 Å². The highest BCUT2D eigenvalue weighted by Gasteiger charge is 2.07. The quantitative estimate of drug-likeness (QED) is 0.811. The fourth-order valence-electron chi connectivity index (χ4n) is 1.69. The van der Waals surface area contributed by atoms with E-state index in [1.54, 1.807) is 6.07 Å². The van der Waals surface area contributed by atoms with Crippen LogP contribution in [0.4, 0.5) is 4.39 Å². The molecule has 108 valence electrons. The number of hydrogen-bond donors (Lipinski definition) is 1. The molecule has 0 aliphatic heterocycles. The molecule has 0 fully saturated rings. The van der Waals surface area contributed by atoms with Crippen LogP contribution in [0.2, 0.25) is 5.02 Å². The van der Waals surface area contributed by atoms with E-state index in [4.69, 9.17) is 27.0 Å². The van der Waals surface area contributed by atoms with Crippen LogP contribution < -0.4 is 0 Å². The molecule has 2 rings (SSSR count). The summed E-state index contributed by atoms with van der Waals surface area (Å²) in [6.07, 6.45) is 0.351. The zero-order chi connectivity index (χ0) is 15.2. The van der Waals surface area contributed by atoms with Crippen molar-refractivity contribution >= 4 is 28.6 Å². The first-order valence-corrected chi connectivity index (χ1v) is 7.34. The molecule has 0 saturated carbocycles. The van der Waals surface area contributed by atoms with Gasteiger partial charge in [0, 0.05) is 9.90 Å². The van der Waals surface area contributed by atoms with Crippen LogP contribution in [0.3, 0.4) is 0 Å². The van der Waals surface area contributed by atoms with Crippen LogP contribution >= 0.6 is 22.9 Å². The van der Waals surface area contributed by atoms with Gasteiger partial charge in [-0.2, -0.15) is 5.26 Å². The Bertz CT molecular complexity index is 693. The third-order valence-corrected chi connectivity index (χ3v) is 4.23. The van der Waals surface area contributed by atoms with Gasteiger partial charge < -0.3 is 10.1 Å². The fourth-order valence-corrected chi connectivity index (χ4v) is 2.78. The predicted octanol–water partition coefficient (Wildman–Crippen LogP) is 4.19. The van der Waals surface area contributed by atoms with Gasteiger partial charge in [0.15, 0.2) is 0 Å². The third kappa shape index (κ3) is 4.36. The number of benzene rings is 1. The van der Waals surface area contributed by atoms with Crippen LogP contribution in [0.25, 0.3) is 0 Å². The fraction of sp³-hybridized carbons (Fsp3) is 0.200. The number of thiophene rings is 1. The second kappa shape index (κ2) is 7.32. The molecule has 2 aromatic rings. The van der Waals surface area contributed by atoms with Crippen molar-refractivity contribution in [1.82, 2.24) is 0 Å². The highest BCUT2D eigenvalue weighted by molar-refractivity contribution is 7.14. The molecule has 6 heteroatoms. The molecule has 3 nitrogen and oxygen atoms in total. The second-order valence-electron chi connectivity index (χ2n) is 4.31. The molecule has 0 saturated heterocycles. The maximum absolute atomic E-state index is 12.9. The molecule has 0 radical (unpaired) electrons. The van der Waals surface area contributed by atoms with Gasteiger partial charge in [-0.3, -0.25) is 0 Å². The summed E-state index contributed by atoms with van der Waals surface area (Å²) in [5.41, 5.74) is 1.03. The van der Waals surface area contributed by atoms with Crippen LogP contribution in [0, 0.1) is 22.6 Å². The van der Waals surface area contributed by atoms with E-state index in [0.717, 1.165) is 9.75 Å². The van der Waals surface area contributed by atoms with E-state index in [0.29, 0.717) is 22.7 Å². The van der Waals surface area contributed by atoms with Crippen LogP contribution in [0.15, 0.2) is 30.3 Å². The molecule has 21 heavy (non-hydrogen) atoms. The zero-order valence-electron chi connectivity index (χ0n) is 11.0. The van der Waals surface area contributed by atoms with Gasteiger partial charge in [-0.05, 0) is 29.8 Å². The summed E-state index contributed by atoms with van der Waals surface area (Å²) in [6.45, 7) is 0.359. The highest BCUT2D eigenvalue weighted by atomic mass is 35.5. The molecule has 0 aliphatic rings. The molecule has 1 aromatic heterocycles. The summed E-state index contributed by atoms with van der Waals surface area (Å²) < 4.78 is 18.3. The summed E-state index contributed by atoms with van der Waals surface area (Å²) in [5.74, 6) is -0.389. The van der Waals surface area contributed by atoms with Crippen molar-refractivity contribution in [1.29, 1.82) is 10.7 Å². The Balaban J connectivity index is 1.87. The zero-order valence-corrected chi connectivity index (χ0v) is 12.6. The molecule has 0 unspecified atom stereocenters. The van der Waals surface area contributed by atoms with E-state index in [2.05, 4.69) is 6.07 Å². The molecular weight excluding hydrogens is 311 g/mol. The Hall–Kier alpha value is -1.74. The number of hydrogen-bond acceptors (Lipinski definition) is 4. The number of nitrogens with zero attached hydrogens (tertiary/aromatic N) is 1. The number of nitriles is 1. The molecule has 1 aromatic carbocycles. The Labute approximate surface area is 131 Å². The van der Waals surface area contributed by atoms with Crippen molar-refractivity contribution in [2.24, 2.45) is 0 Å². The lowest BCUT2D eigenvalue weighted by Gasteiger charge is -2.06. The van der Waals surface area contributed by atoms with Gasteiger partial charge in [-0.25, -0.2) is 4.39 Å². The SMILES string of the molecule is N#CCc1ccc(C(=N)COCc2ccc(F)cc2Cl)s1. The van der Waals surface area contributed by atoms with E-state index >= 15 is 0 Å². The van der Waals surface area contributed by atoms with Gasteiger partial charge in [0.1, 0.15) is 5.82 Å². The van der Waals surface area contributed by atoms with Crippen molar-refractivity contribution in [3.05, 3.63) is 56.5 Å². The van der Waals surface area contributed by atoms with E-state index in [-0.39, 0.29) is 19.0 Å². The average molecular weight is 323 g/mol. The van der Waals surface area contributed by atoms with Gasteiger partial charge in [0.2, 0.25) is 0 Å². The van der Waals surface area contributed by atoms with Gasteiger partial charge >= 0.3 is 0 Å². The smallest absolute Gasteiger partial charge is 0.124 e. The van der Waals surface area contributed by atoms with Crippen molar-refractivity contribution in [2.45, 2.75) is 13.0 Å². The third-order valence-electron chi connectivity index (χ3n) is 2.73. The first-order valence-electron chi connectivity index (χ1n) is 6.15. The first kappa shape index (κ1) is 15.6.